The van der Waals surface area contributed by atoms with Gasteiger partial charge in [0.15, 0.2) is 0 Å². The maximum absolute atomic E-state index is 5.91. The molecule has 0 amide bonds. The molecule has 13 heavy (non-hydrogen) atoms. The van der Waals surface area contributed by atoms with Crippen LogP contribution in [0.15, 0.2) is 24.3 Å². The Balaban J connectivity index is 2.14. The Morgan fingerprint density at radius 1 is 1.31 bits per heavy atom. The van der Waals surface area contributed by atoms with Crippen LogP contribution in [0.4, 0.5) is 5.69 Å². The Morgan fingerprint density at radius 3 is 2.92 bits per heavy atom. The molecule has 1 saturated heterocycles. The van der Waals surface area contributed by atoms with Crippen molar-refractivity contribution in [3.63, 3.8) is 0 Å². The fraction of sp³-hybridized carbons (Fsp3) is 0.400. The fourth-order valence-corrected chi connectivity index (χ4v) is 1.74. The summed E-state index contributed by atoms with van der Waals surface area (Å²) in [5.41, 5.74) is 4.50. The first kappa shape index (κ1) is 8.85. The zero-order valence-corrected chi connectivity index (χ0v) is 8.22. The van der Waals surface area contributed by atoms with Gasteiger partial charge < -0.3 is 5.01 Å². The molecule has 0 atom stereocenters. The molecule has 2 nitrogen and oxygen atoms in total. The molecule has 0 aliphatic carbocycles. The number of benzene rings is 1. The monoisotopic (exact) mass is 196 g/mol. The lowest BCUT2D eigenvalue weighted by atomic mass is 10.2. The summed E-state index contributed by atoms with van der Waals surface area (Å²) in [5, 5.41) is 2.96. The predicted molar refractivity (Wildman–Crippen MR) is 56.0 cm³/mol. The summed E-state index contributed by atoms with van der Waals surface area (Å²) in [6.45, 7) is 2.13. The zero-order valence-electron chi connectivity index (χ0n) is 7.46. The molecule has 1 aliphatic rings. The Hall–Kier alpha value is -0.730. The van der Waals surface area contributed by atoms with Gasteiger partial charge in [-0.1, -0.05) is 17.7 Å². The van der Waals surface area contributed by atoms with Crippen LogP contribution in [0.25, 0.3) is 0 Å². The molecule has 1 heterocycles. The number of nitrogens with one attached hydrogen (secondary N) is 1. The number of hydrogen-bond acceptors (Lipinski definition) is 2. The minimum absolute atomic E-state index is 0.796. The quantitative estimate of drug-likeness (QED) is 0.743. The normalized spacial score (nSPS) is 17.5. The second kappa shape index (κ2) is 3.99. The van der Waals surface area contributed by atoms with Crippen molar-refractivity contribution in [3.8, 4) is 0 Å². The standard InChI is InChI=1S/C10H13ClN2/c11-9-4-3-5-10(8-9)13-7-2-1-6-12-13/h3-5,8,12H,1-2,6-7H2. The third-order valence-electron chi connectivity index (χ3n) is 2.23. The average molecular weight is 197 g/mol. The first-order valence-corrected chi connectivity index (χ1v) is 5.01. The van der Waals surface area contributed by atoms with Crippen LogP contribution >= 0.6 is 11.6 Å². The summed E-state index contributed by atoms with van der Waals surface area (Å²) in [4.78, 5) is 0. The summed E-state index contributed by atoms with van der Waals surface area (Å²) in [5.74, 6) is 0. The zero-order chi connectivity index (χ0) is 9.10. The van der Waals surface area contributed by atoms with Gasteiger partial charge in [0, 0.05) is 18.1 Å². The highest BCUT2D eigenvalue weighted by atomic mass is 35.5. The van der Waals surface area contributed by atoms with Gasteiger partial charge in [-0.3, -0.25) is 0 Å². The van der Waals surface area contributed by atoms with Crippen LogP contribution in [-0.4, -0.2) is 13.1 Å². The lowest BCUT2D eigenvalue weighted by Crippen LogP contribution is -2.43. The smallest absolute Gasteiger partial charge is 0.0534 e. The van der Waals surface area contributed by atoms with Crippen LogP contribution in [0, 0.1) is 0 Å². The van der Waals surface area contributed by atoms with Gasteiger partial charge in [-0.05, 0) is 31.0 Å². The number of hydrogen-bond donors (Lipinski definition) is 1. The molecular weight excluding hydrogens is 184 g/mol. The molecule has 0 unspecified atom stereocenters. The first-order chi connectivity index (χ1) is 6.36. The van der Waals surface area contributed by atoms with Crippen molar-refractivity contribution in [1.29, 1.82) is 0 Å². The van der Waals surface area contributed by atoms with E-state index < -0.39 is 0 Å². The molecule has 1 aromatic carbocycles. The van der Waals surface area contributed by atoms with E-state index in [0.717, 1.165) is 23.8 Å². The number of halogens is 1. The van der Waals surface area contributed by atoms with Crippen LogP contribution in [0.1, 0.15) is 12.8 Å². The highest BCUT2D eigenvalue weighted by Gasteiger charge is 2.09. The SMILES string of the molecule is Clc1cccc(N2CCCCN2)c1. The van der Waals surface area contributed by atoms with Crippen LogP contribution in [0.2, 0.25) is 5.02 Å². The van der Waals surface area contributed by atoms with Gasteiger partial charge in [0.05, 0.1) is 5.69 Å². The molecule has 1 aliphatic heterocycles. The molecule has 1 aromatic rings. The molecule has 0 radical (unpaired) electrons. The van der Waals surface area contributed by atoms with Crippen molar-refractivity contribution >= 4 is 17.3 Å². The minimum atomic E-state index is 0.796. The molecule has 70 valence electrons. The van der Waals surface area contributed by atoms with E-state index in [0.29, 0.717) is 0 Å². The minimum Gasteiger partial charge on any atom is -0.308 e. The van der Waals surface area contributed by atoms with Crippen LogP contribution in [-0.2, 0) is 0 Å². The number of hydrazine groups is 1. The van der Waals surface area contributed by atoms with Gasteiger partial charge in [0.2, 0.25) is 0 Å². The number of nitrogens with zero attached hydrogens (tertiary/aromatic N) is 1. The van der Waals surface area contributed by atoms with Gasteiger partial charge in [0.25, 0.3) is 0 Å². The number of anilines is 1. The van der Waals surface area contributed by atoms with Crippen LogP contribution in [0.3, 0.4) is 0 Å². The van der Waals surface area contributed by atoms with Gasteiger partial charge in [0.1, 0.15) is 0 Å². The Labute approximate surface area is 83.5 Å². The van der Waals surface area contributed by atoms with E-state index in [2.05, 4.69) is 16.5 Å². The second-order valence-corrected chi connectivity index (χ2v) is 3.68. The van der Waals surface area contributed by atoms with Crippen molar-refractivity contribution in [2.24, 2.45) is 0 Å². The highest BCUT2D eigenvalue weighted by Crippen LogP contribution is 2.19. The molecule has 1 N–H and O–H groups in total. The molecule has 3 heteroatoms. The van der Waals surface area contributed by atoms with E-state index in [1.54, 1.807) is 0 Å². The molecule has 0 spiro atoms. The van der Waals surface area contributed by atoms with E-state index in [1.165, 1.54) is 12.8 Å². The van der Waals surface area contributed by atoms with E-state index in [9.17, 15) is 0 Å². The highest BCUT2D eigenvalue weighted by molar-refractivity contribution is 6.30. The Morgan fingerprint density at radius 2 is 2.23 bits per heavy atom. The topological polar surface area (TPSA) is 15.3 Å². The summed E-state index contributed by atoms with van der Waals surface area (Å²) >= 11 is 5.91. The molecular formula is C10H13ClN2. The molecule has 0 saturated carbocycles. The Bertz CT molecular complexity index is 282. The van der Waals surface area contributed by atoms with Gasteiger partial charge in [-0.15, -0.1) is 0 Å². The third kappa shape index (κ3) is 2.14. The predicted octanol–water partition coefficient (Wildman–Crippen LogP) is 2.44. The largest absolute Gasteiger partial charge is 0.308 e. The van der Waals surface area contributed by atoms with Gasteiger partial charge >= 0.3 is 0 Å². The van der Waals surface area contributed by atoms with Crippen molar-refractivity contribution in [1.82, 2.24) is 5.43 Å². The average Bonchev–Trinajstić information content (AvgIpc) is 2.19. The lowest BCUT2D eigenvalue weighted by Gasteiger charge is -2.29. The molecule has 0 bridgehead atoms. The first-order valence-electron chi connectivity index (χ1n) is 4.63. The number of rotatable bonds is 1. The third-order valence-corrected chi connectivity index (χ3v) is 2.47. The lowest BCUT2D eigenvalue weighted by molar-refractivity contribution is 0.512. The van der Waals surface area contributed by atoms with Gasteiger partial charge in [-0.25, -0.2) is 5.43 Å². The van der Waals surface area contributed by atoms with Crippen LogP contribution < -0.4 is 10.4 Å². The van der Waals surface area contributed by atoms with E-state index in [4.69, 9.17) is 11.6 Å². The van der Waals surface area contributed by atoms with E-state index in [-0.39, 0.29) is 0 Å². The second-order valence-electron chi connectivity index (χ2n) is 3.25. The van der Waals surface area contributed by atoms with Crippen molar-refractivity contribution in [2.75, 3.05) is 18.1 Å². The van der Waals surface area contributed by atoms with Crippen molar-refractivity contribution in [3.05, 3.63) is 29.3 Å². The maximum atomic E-state index is 5.91. The molecule has 2 rings (SSSR count). The summed E-state index contributed by atoms with van der Waals surface area (Å²) in [6.07, 6.45) is 2.51. The van der Waals surface area contributed by atoms with Crippen molar-refractivity contribution < 1.29 is 0 Å². The summed E-state index contributed by atoms with van der Waals surface area (Å²) in [7, 11) is 0. The summed E-state index contributed by atoms with van der Waals surface area (Å²) in [6, 6.07) is 7.94. The fourth-order valence-electron chi connectivity index (χ4n) is 1.55. The molecule has 1 fully saturated rings. The van der Waals surface area contributed by atoms with E-state index >= 15 is 0 Å². The van der Waals surface area contributed by atoms with Crippen LogP contribution in [0.5, 0.6) is 0 Å². The van der Waals surface area contributed by atoms with E-state index in [1.807, 2.05) is 18.2 Å². The summed E-state index contributed by atoms with van der Waals surface area (Å²) < 4.78 is 0. The van der Waals surface area contributed by atoms with Gasteiger partial charge in [-0.2, -0.15) is 0 Å². The Kier molecular flexibility index (Phi) is 2.71. The maximum Gasteiger partial charge on any atom is 0.0534 e. The molecule has 0 aromatic heterocycles. The van der Waals surface area contributed by atoms with Crippen molar-refractivity contribution in [2.45, 2.75) is 12.8 Å².